The second kappa shape index (κ2) is 6.66. The molecule has 0 aromatic heterocycles. The Morgan fingerprint density at radius 3 is 2.44 bits per heavy atom. The average Bonchev–Trinajstić information content (AvgIpc) is 2.16. The quantitative estimate of drug-likeness (QED) is 0.479. The number of hydrogen-bond acceptors (Lipinski definition) is 3. The van der Waals surface area contributed by atoms with Crippen LogP contribution < -0.4 is 10.8 Å². The topological polar surface area (TPSA) is 61.4 Å². The summed E-state index contributed by atoms with van der Waals surface area (Å²) in [6.45, 7) is 12.0. The van der Waals surface area contributed by atoms with Gasteiger partial charge in [0.05, 0.1) is 0 Å². The van der Waals surface area contributed by atoms with Gasteiger partial charge >= 0.3 is 0 Å². The van der Waals surface area contributed by atoms with E-state index in [1.54, 1.807) is 0 Å². The fourth-order valence-corrected chi connectivity index (χ4v) is 1.29. The standard InChI is InChI=1S/C12H24N2O2/c1-6-9(2)7-8-13-11(15)10(14-16)12(3,4)5/h6,9-10,14,16H,1,7-8H2,2-5H3,(H,13,15)/t9-,10+/m0/s1. The largest absolute Gasteiger partial charge is 0.355 e. The molecule has 0 aromatic carbocycles. The molecule has 0 aliphatic rings. The molecule has 3 N–H and O–H groups in total. The van der Waals surface area contributed by atoms with Crippen molar-refractivity contribution in [2.45, 2.75) is 40.2 Å². The molecule has 2 atom stereocenters. The Hall–Kier alpha value is -0.870. The van der Waals surface area contributed by atoms with E-state index in [1.807, 2.05) is 33.8 Å². The zero-order valence-electron chi connectivity index (χ0n) is 10.7. The van der Waals surface area contributed by atoms with Crippen LogP contribution in [-0.2, 0) is 4.79 Å². The SMILES string of the molecule is C=C[C@H](C)CCNC(=O)[C@@H](NO)C(C)(C)C. The summed E-state index contributed by atoms with van der Waals surface area (Å²) in [5, 5.41) is 11.8. The van der Waals surface area contributed by atoms with E-state index in [0.717, 1.165) is 6.42 Å². The number of allylic oxidation sites excluding steroid dienone is 1. The van der Waals surface area contributed by atoms with Crippen LogP contribution in [0.15, 0.2) is 12.7 Å². The Kier molecular flexibility index (Phi) is 6.29. The van der Waals surface area contributed by atoms with E-state index < -0.39 is 6.04 Å². The summed E-state index contributed by atoms with van der Waals surface area (Å²) in [5.41, 5.74) is 1.75. The smallest absolute Gasteiger partial charge is 0.240 e. The molecule has 0 spiro atoms. The van der Waals surface area contributed by atoms with Crippen molar-refractivity contribution in [3.8, 4) is 0 Å². The van der Waals surface area contributed by atoms with Gasteiger partial charge in [0.15, 0.2) is 0 Å². The molecule has 4 nitrogen and oxygen atoms in total. The van der Waals surface area contributed by atoms with Gasteiger partial charge in [0.25, 0.3) is 0 Å². The molecule has 16 heavy (non-hydrogen) atoms. The molecule has 0 heterocycles. The van der Waals surface area contributed by atoms with E-state index in [-0.39, 0.29) is 11.3 Å². The molecule has 0 radical (unpaired) electrons. The van der Waals surface area contributed by atoms with Crippen LogP contribution in [0.4, 0.5) is 0 Å². The first-order chi connectivity index (χ1) is 7.32. The van der Waals surface area contributed by atoms with Crippen molar-refractivity contribution < 1.29 is 10.0 Å². The fourth-order valence-electron chi connectivity index (χ4n) is 1.29. The van der Waals surface area contributed by atoms with Gasteiger partial charge in [-0.25, -0.2) is 0 Å². The molecule has 0 aromatic rings. The van der Waals surface area contributed by atoms with Crippen LogP contribution >= 0.6 is 0 Å². The zero-order chi connectivity index (χ0) is 12.8. The van der Waals surface area contributed by atoms with Crippen LogP contribution in [0.5, 0.6) is 0 Å². The van der Waals surface area contributed by atoms with Gasteiger partial charge in [-0.1, -0.05) is 33.8 Å². The summed E-state index contributed by atoms with van der Waals surface area (Å²) in [6, 6.07) is -0.591. The van der Waals surface area contributed by atoms with Crippen molar-refractivity contribution in [1.29, 1.82) is 0 Å². The Morgan fingerprint density at radius 1 is 1.50 bits per heavy atom. The van der Waals surface area contributed by atoms with E-state index in [1.165, 1.54) is 0 Å². The molecule has 0 aliphatic heterocycles. The lowest BCUT2D eigenvalue weighted by Crippen LogP contribution is -2.50. The van der Waals surface area contributed by atoms with Crippen LogP contribution in [0.25, 0.3) is 0 Å². The van der Waals surface area contributed by atoms with Crippen molar-refractivity contribution in [3.63, 3.8) is 0 Å². The lowest BCUT2D eigenvalue weighted by molar-refractivity contribution is -0.129. The van der Waals surface area contributed by atoms with Gasteiger partial charge < -0.3 is 10.5 Å². The first-order valence-corrected chi connectivity index (χ1v) is 5.62. The molecule has 0 aliphatic carbocycles. The van der Waals surface area contributed by atoms with Crippen molar-refractivity contribution in [1.82, 2.24) is 10.8 Å². The summed E-state index contributed by atoms with van der Waals surface area (Å²) < 4.78 is 0. The molecular formula is C12H24N2O2. The van der Waals surface area contributed by atoms with E-state index in [9.17, 15) is 4.79 Å². The highest BCUT2D eigenvalue weighted by atomic mass is 16.5. The molecule has 0 saturated carbocycles. The molecule has 1 amide bonds. The minimum atomic E-state index is -0.591. The van der Waals surface area contributed by atoms with Gasteiger partial charge in [-0.2, -0.15) is 5.48 Å². The molecule has 0 unspecified atom stereocenters. The number of carbonyl (C=O) groups excluding carboxylic acids is 1. The van der Waals surface area contributed by atoms with Crippen LogP contribution in [0.1, 0.15) is 34.1 Å². The molecule has 0 fully saturated rings. The second-order valence-electron chi connectivity index (χ2n) is 5.22. The number of rotatable bonds is 6. The number of hydrogen-bond donors (Lipinski definition) is 3. The number of hydroxylamine groups is 1. The number of nitrogens with one attached hydrogen (secondary N) is 2. The van der Waals surface area contributed by atoms with Crippen LogP contribution in [0, 0.1) is 11.3 Å². The third-order valence-electron chi connectivity index (χ3n) is 2.56. The van der Waals surface area contributed by atoms with Gasteiger partial charge in [0, 0.05) is 6.54 Å². The minimum absolute atomic E-state index is 0.175. The fraction of sp³-hybridized carbons (Fsp3) is 0.750. The van der Waals surface area contributed by atoms with E-state index in [2.05, 4.69) is 17.4 Å². The van der Waals surface area contributed by atoms with Crippen molar-refractivity contribution in [2.24, 2.45) is 11.3 Å². The monoisotopic (exact) mass is 228 g/mol. The van der Waals surface area contributed by atoms with Gasteiger partial charge in [-0.15, -0.1) is 6.58 Å². The highest BCUT2D eigenvalue weighted by molar-refractivity contribution is 5.82. The van der Waals surface area contributed by atoms with E-state index in [4.69, 9.17) is 5.21 Å². The highest BCUT2D eigenvalue weighted by Crippen LogP contribution is 2.18. The van der Waals surface area contributed by atoms with Crippen LogP contribution in [0.3, 0.4) is 0 Å². The third-order valence-corrected chi connectivity index (χ3v) is 2.56. The maximum atomic E-state index is 11.7. The zero-order valence-corrected chi connectivity index (χ0v) is 10.7. The highest BCUT2D eigenvalue weighted by Gasteiger charge is 2.30. The summed E-state index contributed by atoms with van der Waals surface area (Å²) in [7, 11) is 0. The predicted molar refractivity (Wildman–Crippen MR) is 65.2 cm³/mol. The Labute approximate surface area is 98.1 Å². The molecule has 0 saturated heterocycles. The van der Waals surface area contributed by atoms with Crippen molar-refractivity contribution >= 4 is 5.91 Å². The number of carbonyl (C=O) groups is 1. The summed E-state index contributed by atoms with van der Waals surface area (Å²) in [4.78, 5) is 11.7. The first kappa shape index (κ1) is 15.1. The van der Waals surface area contributed by atoms with Crippen molar-refractivity contribution in [3.05, 3.63) is 12.7 Å². The van der Waals surface area contributed by atoms with Crippen molar-refractivity contribution in [2.75, 3.05) is 6.54 Å². The number of amides is 1. The van der Waals surface area contributed by atoms with Crippen LogP contribution in [0.2, 0.25) is 0 Å². The van der Waals surface area contributed by atoms with Crippen LogP contribution in [-0.4, -0.2) is 23.7 Å². The lowest BCUT2D eigenvalue weighted by Gasteiger charge is -2.28. The maximum Gasteiger partial charge on any atom is 0.240 e. The molecule has 0 bridgehead atoms. The summed E-state index contributed by atoms with van der Waals surface area (Å²) in [5.74, 6) is 0.210. The van der Waals surface area contributed by atoms with E-state index in [0.29, 0.717) is 12.5 Å². The minimum Gasteiger partial charge on any atom is -0.355 e. The van der Waals surface area contributed by atoms with Gasteiger partial charge in [-0.3, -0.25) is 4.79 Å². The summed E-state index contributed by atoms with van der Waals surface area (Å²) in [6.07, 6.45) is 2.72. The first-order valence-electron chi connectivity index (χ1n) is 5.62. The molecule has 0 rings (SSSR count). The molecule has 4 heteroatoms. The normalized spacial score (nSPS) is 15.3. The van der Waals surface area contributed by atoms with Gasteiger partial charge in [0.1, 0.15) is 6.04 Å². The second-order valence-corrected chi connectivity index (χ2v) is 5.22. The van der Waals surface area contributed by atoms with E-state index >= 15 is 0 Å². The third kappa shape index (κ3) is 5.28. The average molecular weight is 228 g/mol. The Bertz CT molecular complexity index is 234. The maximum absolute atomic E-state index is 11.7. The predicted octanol–water partition coefficient (Wildman–Crippen LogP) is 1.71. The Morgan fingerprint density at radius 2 is 2.06 bits per heavy atom. The molecular weight excluding hydrogens is 204 g/mol. The summed E-state index contributed by atoms with van der Waals surface area (Å²) >= 11 is 0. The van der Waals surface area contributed by atoms with Gasteiger partial charge in [0.2, 0.25) is 5.91 Å². The Balaban J connectivity index is 4.09. The lowest BCUT2D eigenvalue weighted by atomic mass is 9.86. The van der Waals surface area contributed by atoms with Gasteiger partial charge in [-0.05, 0) is 17.8 Å². The molecule has 94 valence electrons.